The fourth-order valence-corrected chi connectivity index (χ4v) is 3.88. The third kappa shape index (κ3) is 6.63. The molecule has 2 N–H and O–H groups in total. The Morgan fingerprint density at radius 2 is 1.97 bits per heavy atom. The number of aromatic nitrogens is 2. The average molecular weight is 534 g/mol. The summed E-state index contributed by atoms with van der Waals surface area (Å²) in [4.78, 5) is 34.1. The van der Waals surface area contributed by atoms with Crippen LogP contribution < -0.4 is 20.3 Å². The summed E-state index contributed by atoms with van der Waals surface area (Å²) in [5, 5.41) is 6.91. The topological polar surface area (TPSA) is 96.5 Å². The van der Waals surface area contributed by atoms with Gasteiger partial charge in [0, 0.05) is 36.8 Å². The molecule has 4 rings (SSSR count). The minimum Gasteiger partial charge on any atom is -0.487 e. The maximum Gasteiger partial charge on any atom is 0.243 e. The van der Waals surface area contributed by atoms with Crippen LogP contribution in [0.3, 0.4) is 0 Å². The average Bonchev–Trinajstić information content (AvgIpc) is 2.92. The molecule has 0 aliphatic rings. The van der Waals surface area contributed by atoms with Gasteiger partial charge in [0.2, 0.25) is 11.8 Å². The van der Waals surface area contributed by atoms with Crippen molar-refractivity contribution in [2.45, 2.75) is 13.0 Å². The van der Waals surface area contributed by atoms with Crippen LogP contribution in [0.25, 0.3) is 10.9 Å². The number of benzene rings is 3. The van der Waals surface area contributed by atoms with E-state index in [1.807, 2.05) is 6.07 Å². The normalized spacial score (nSPS) is 10.6. The summed E-state index contributed by atoms with van der Waals surface area (Å²) in [6.07, 6.45) is 2.74. The maximum atomic E-state index is 13.4. The van der Waals surface area contributed by atoms with Gasteiger partial charge in [0.1, 0.15) is 30.3 Å². The van der Waals surface area contributed by atoms with Crippen LogP contribution in [-0.4, -0.2) is 35.4 Å². The van der Waals surface area contributed by atoms with Gasteiger partial charge in [0.05, 0.1) is 10.5 Å². The highest BCUT2D eigenvalue weighted by Crippen LogP contribution is 2.32. The van der Waals surface area contributed by atoms with Crippen molar-refractivity contribution in [1.29, 1.82) is 0 Å². The molecule has 0 aliphatic carbocycles. The molecule has 0 unspecified atom stereocenters. The van der Waals surface area contributed by atoms with Crippen LogP contribution in [0.15, 0.2) is 79.6 Å². The van der Waals surface area contributed by atoms with E-state index in [2.05, 4.69) is 27.2 Å². The summed E-state index contributed by atoms with van der Waals surface area (Å²) < 4.78 is 19.2. The van der Waals surface area contributed by atoms with Gasteiger partial charge in [-0.3, -0.25) is 9.59 Å². The van der Waals surface area contributed by atoms with Crippen molar-refractivity contribution in [2.24, 2.45) is 0 Å². The molecule has 0 fully saturated rings. The SMILES string of the molecule is C=CC(=O)NCCC(=O)N(C)c1ccc2ncnc(Nc3ccc(OCc4cccc(F)c4)c(Cl)c3)c2c1. The van der Waals surface area contributed by atoms with Gasteiger partial charge in [-0.1, -0.05) is 30.3 Å². The minimum atomic E-state index is -0.329. The summed E-state index contributed by atoms with van der Waals surface area (Å²) >= 11 is 6.44. The van der Waals surface area contributed by atoms with Crippen LogP contribution in [0.1, 0.15) is 12.0 Å². The zero-order valence-electron chi connectivity index (χ0n) is 20.6. The summed E-state index contributed by atoms with van der Waals surface area (Å²) in [6, 6.07) is 16.8. The number of nitrogens with one attached hydrogen (secondary N) is 2. The molecule has 38 heavy (non-hydrogen) atoms. The van der Waals surface area contributed by atoms with E-state index >= 15 is 0 Å². The Hall–Kier alpha value is -4.50. The molecular formula is C28H25ClFN5O3. The van der Waals surface area contributed by atoms with Crippen molar-refractivity contribution >= 4 is 51.5 Å². The van der Waals surface area contributed by atoms with Crippen molar-refractivity contribution in [3.8, 4) is 5.75 Å². The van der Waals surface area contributed by atoms with E-state index in [-0.39, 0.29) is 37.2 Å². The van der Waals surface area contributed by atoms with Crippen LogP contribution in [0.5, 0.6) is 5.75 Å². The van der Waals surface area contributed by atoms with Gasteiger partial charge < -0.3 is 20.3 Å². The third-order valence-electron chi connectivity index (χ3n) is 5.68. The number of amides is 2. The second-order valence-corrected chi connectivity index (χ2v) is 8.72. The summed E-state index contributed by atoms with van der Waals surface area (Å²) in [5.74, 6) is 0.164. The number of carbonyl (C=O) groups excluding carboxylic acids is 2. The first-order valence-electron chi connectivity index (χ1n) is 11.7. The molecule has 0 bridgehead atoms. The van der Waals surface area contributed by atoms with Crippen molar-refractivity contribution in [1.82, 2.24) is 15.3 Å². The highest BCUT2D eigenvalue weighted by Gasteiger charge is 2.14. The van der Waals surface area contributed by atoms with Crippen LogP contribution >= 0.6 is 11.6 Å². The van der Waals surface area contributed by atoms with Gasteiger partial charge in [0.25, 0.3) is 0 Å². The fraction of sp³-hybridized carbons (Fsp3) is 0.143. The lowest BCUT2D eigenvalue weighted by atomic mass is 10.2. The molecule has 10 heteroatoms. The summed E-state index contributed by atoms with van der Waals surface area (Å²) in [5.41, 5.74) is 2.69. The number of hydrogen-bond acceptors (Lipinski definition) is 6. The van der Waals surface area contributed by atoms with Gasteiger partial charge in [-0.15, -0.1) is 0 Å². The van der Waals surface area contributed by atoms with Gasteiger partial charge in [0.15, 0.2) is 0 Å². The summed E-state index contributed by atoms with van der Waals surface area (Å²) in [6.45, 7) is 3.77. The smallest absolute Gasteiger partial charge is 0.243 e. The Morgan fingerprint density at radius 3 is 2.74 bits per heavy atom. The predicted octanol–water partition coefficient (Wildman–Crippen LogP) is 5.40. The van der Waals surface area contributed by atoms with E-state index in [1.165, 1.54) is 23.4 Å². The number of carbonyl (C=O) groups is 2. The number of fused-ring (bicyclic) bond motifs is 1. The molecular weight excluding hydrogens is 509 g/mol. The molecule has 194 valence electrons. The quantitative estimate of drug-likeness (QED) is 0.265. The first kappa shape index (κ1) is 26.6. The number of rotatable bonds is 10. The van der Waals surface area contributed by atoms with E-state index in [4.69, 9.17) is 16.3 Å². The number of ether oxygens (including phenoxy) is 1. The molecule has 0 spiro atoms. The van der Waals surface area contributed by atoms with Gasteiger partial charge in [-0.2, -0.15) is 0 Å². The van der Waals surface area contributed by atoms with E-state index in [1.54, 1.807) is 49.5 Å². The molecule has 0 radical (unpaired) electrons. The largest absolute Gasteiger partial charge is 0.487 e. The zero-order valence-corrected chi connectivity index (χ0v) is 21.3. The van der Waals surface area contributed by atoms with Crippen molar-refractivity contribution in [3.63, 3.8) is 0 Å². The highest BCUT2D eigenvalue weighted by atomic mass is 35.5. The predicted molar refractivity (Wildman–Crippen MR) is 146 cm³/mol. The first-order chi connectivity index (χ1) is 18.3. The molecule has 1 aromatic heterocycles. The van der Waals surface area contributed by atoms with E-state index < -0.39 is 0 Å². The first-order valence-corrected chi connectivity index (χ1v) is 12.1. The molecule has 8 nitrogen and oxygen atoms in total. The molecule has 0 atom stereocenters. The Labute approximate surface area is 224 Å². The van der Waals surface area contributed by atoms with Crippen LogP contribution in [0, 0.1) is 5.82 Å². The van der Waals surface area contributed by atoms with Gasteiger partial charge in [-0.05, 0) is 60.2 Å². The number of halogens is 2. The van der Waals surface area contributed by atoms with E-state index in [9.17, 15) is 14.0 Å². The fourth-order valence-electron chi connectivity index (χ4n) is 3.65. The lowest BCUT2D eigenvalue weighted by Gasteiger charge is -2.18. The summed E-state index contributed by atoms with van der Waals surface area (Å²) in [7, 11) is 1.66. The van der Waals surface area contributed by atoms with Crippen LogP contribution in [-0.2, 0) is 16.2 Å². The Balaban J connectivity index is 1.48. The molecule has 0 aliphatic heterocycles. The Kier molecular flexibility index (Phi) is 8.50. The minimum absolute atomic E-state index is 0.136. The third-order valence-corrected chi connectivity index (χ3v) is 5.98. The highest BCUT2D eigenvalue weighted by molar-refractivity contribution is 6.32. The van der Waals surface area contributed by atoms with Crippen LogP contribution in [0.4, 0.5) is 21.6 Å². The molecule has 0 saturated carbocycles. The maximum absolute atomic E-state index is 13.4. The number of anilines is 3. The van der Waals surface area contributed by atoms with Gasteiger partial charge in [-0.25, -0.2) is 14.4 Å². The Morgan fingerprint density at radius 1 is 1.13 bits per heavy atom. The Bertz CT molecular complexity index is 1500. The van der Waals surface area contributed by atoms with Crippen LogP contribution in [0.2, 0.25) is 5.02 Å². The zero-order chi connectivity index (χ0) is 27.1. The molecule has 3 aromatic carbocycles. The van der Waals surface area contributed by atoms with Crippen molar-refractivity contribution in [3.05, 3.63) is 96.0 Å². The second-order valence-electron chi connectivity index (χ2n) is 8.31. The number of nitrogens with zero attached hydrogens (tertiary/aromatic N) is 3. The van der Waals surface area contributed by atoms with E-state index in [0.717, 1.165) is 6.08 Å². The number of hydrogen-bond donors (Lipinski definition) is 2. The second kappa shape index (κ2) is 12.2. The monoisotopic (exact) mass is 533 g/mol. The molecule has 4 aromatic rings. The molecule has 1 heterocycles. The van der Waals surface area contributed by atoms with Gasteiger partial charge >= 0.3 is 0 Å². The van der Waals surface area contributed by atoms with Crippen molar-refractivity contribution in [2.75, 3.05) is 23.8 Å². The molecule has 2 amide bonds. The van der Waals surface area contributed by atoms with E-state index in [0.29, 0.717) is 44.4 Å². The lowest BCUT2D eigenvalue weighted by molar-refractivity contribution is -0.118. The molecule has 0 saturated heterocycles. The lowest BCUT2D eigenvalue weighted by Crippen LogP contribution is -2.31. The standard InChI is InChI=1S/C28H25ClFN5O3/c1-3-26(36)31-12-11-27(37)35(2)21-8-9-24-22(15-21)28(33-17-32-24)34-20-7-10-25(23(29)14-20)38-16-18-5-4-6-19(30)13-18/h3-10,13-15,17H,1,11-12,16H2,2H3,(H,31,36)(H,32,33,34). The van der Waals surface area contributed by atoms with Crippen molar-refractivity contribution < 1.29 is 18.7 Å².